The van der Waals surface area contributed by atoms with Gasteiger partial charge in [-0.15, -0.1) is 0 Å². The predicted octanol–water partition coefficient (Wildman–Crippen LogP) is 1.21. The molecule has 0 bridgehead atoms. The standard InChI is InChI=1S/C22H24FN3O5/c23-14-5-4-13-18(19(14)25-9-8-12-11(10-25)2-1-3-16(12)27)22(31)26(21(13)30)15-6-7-17(28)24-20(15)29/h4-5,11-12,15-16,27H,1-3,6-10H2,(H,24,28,29). The SMILES string of the molecule is O=C1CCC(N2C(=O)c3ccc(F)c(N4CCC5C(O)CCCC5C4)c3C2=O)C(=O)N1. The Kier molecular flexibility index (Phi) is 4.80. The monoisotopic (exact) mass is 429 g/mol. The van der Waals surface area contributed by atoms with Gasteiger partial charge in [0.05, 0.1) is 22.9 Å². The number of aliphatic hydroxyl groups excluding tert-OH is 1. The van der Waals surface area contributed by atoms with Gasteiger partial charge < -0.3 is 10.0 Å². The van der Waals surface area contributed by atoms with Crippen molar-refractivity contribution >= 4 is 29.3 Å². The number of aliphatic hydroxyl groups is 1. The number of anilines is 1. The number of rotatable bonds is 2. The number of imide groups is 2. The van der Waals surface area contributed by atoms with Crippen LogP contribution in [0.4, 0.5) is 10.1 Å². The van der Waals surface area contributed by atoms with Gasteiger partial charge in [0.15, 0.2) is 0 Å². The van der Waals surface area contributed by atoms with Crippen LogP contribution in [0.2, 0.25) is 0 Å². The molecule has 4 atom stereocenters. The van der Waals surface area contributed by atoms with Gasteiger partial charge in [-0.2, -0.15) is 0 Å². The summed E-state index contributed by atoms with van der Waals surface area (Å²) in [5.41, 5.74) is 0.172. The lowest BCUT2D eigenvalue weighted by atomic mass is 9.73. The molecule has 3 fully saturated rings. The number of fused-ring (bicyclic) bond motifs is 2. The van der Waals surface area contributed by atoms with E-state index in [1.165, 1.54) is 12.1 Å². The summed E-state index contributed by atoms with van der Waals surface area (Å²) in [5.74, 6) is -2.69. The summed E-state index contributed by atoms with van der Waals surface area (Å²) < 4.78 is 15.0. The van der Waals surface area contributed by atoms with Crippen LogP contribution in [0, 0.1) is 17.7 Å². The van der Waals surface area contributed by atoms with E-state index in [0.29, 0.717) is 19.5 Å². The number of amides is 4. The number of carbonyl (C=O) groups excluding carboxylic acids is 4. The van der Waals surface area contributed by atoms with Crippen molar-refractivity contribution in [1.29, 1.82) is 0 Å². The van der Waals surface area contributed by atoms with E-state index in [4.69, 9.17) is 0 Å². The number of halogens is 1. The Bertz CT molecular complexity index is 996. The van der Waals surface area contributed by atoms with E-state index in [9.17, 15) is 24.3 Å². The van der Waals surface area contributed by atoms with Crippen LogP contribution < -0.4 is 10.2 Å². The van der Waals surface area contributed by atoms with Gasteiger partial charge in [-0.05, 0) is 49.7 Å². The molecular formula is C22H24FN3O5. The zero-order valence-electron chi connectivity index (χ0n) is 17.0. The fraction of sp³-hybridized carbons (Fsp3) is 0.545. The molecule has 0 spiro atoms. The summed E-state index contributed by atoms with van der Waals surface area (Å²) in [7, 11) is 0. The van der Waals surface area contributed by atoms with Crippen molar-refractivity contribution in [1.82, 2.24) is 10.2 Å². The van der Waals surface area contributed by atoms with Crippen LogP contribution in [0.25, 0.3) is 0 Å². The zero-order valence-corrected chi connectivity index (χ0v) is 17.0. The first kappa shape index (κ1) is 20.1. The van der Waals surface area contributed by atoms with Gasteiger partial charge in [0.2, 0.25) is 11.8 Å². The highest BCUT2D eigenvalue weighted by Crippen LogP contribution is 2.41. The van der Waals surface area contributed by atoms with Crippen molar-refractivity contribution in [3.05, 3.63) is 29.1 Å². The van der Waals surface area contributed by atoms with Gasteiger partial charge in [0.1, 0.15) is 11.9 Å². The van der Waals surface area contributed by atoms with Crippen LogP contribution in [0.1, 0.15) is 59.2 Å². The molecule has 3 aliphatic heterocycles. The highest BCUT2D eigenvalue weighted by atomic mass is 19.1. The molecule has 5 rings (SSSR count). The van der Waals surface area contributed by atoms with Gasteiger partial charge in [-0.25, -0.2) is 4.39 Å². The maximum Gasteiger partial charge on any atom is 0.264 e. The maximum atomic E-state index is 15.0. The third-order valence-electron chi connectivity index (χ3n) is 7.21. The first-order valence-electron chi connectivity index (χ1n) is 10.8. The molecule has 1 aromatic rings. The average molecular weight is 429 g/mol. The van der Waals surface area contributed by atoms with Gasteiger partial charge in [0.25, 0.3) is 11.8 Å². The Morgan fingerprint density at radius 2 is 1.84 bits per heavy atom. The number of hydrogen-bond donors (Lipinski definition) is 2. The number of nitrogens with zero attached hydrogens (tertiary/aromatic N) is 2. The van der Waals surface area contributed by atoms with Gasteiger partial charge in [0, 0.05) is 19.5 Å². The predicted molar refractivity (Wildman–Crippen MR) is 107 cm³/mol. The molecule has 4 unspecified atom stereocenters. The number of carbonyl (C=O) groups is 4. The Hall–Kier alpha value is -2.81. The van der Waals surface area contributed by atoms with Crippen LogP contribution >= 0.6 is 0 Å². The summed E-state index contributed by atoms with van der Waals surface area (Å²) in [4.78, 5) is 52.7. The van der Waals surface area contributed by atoms with E-state index < -0.39 is 35.5 Å². The largest absolute Gasteiger partial charge is 0.393 e. The highest BCUT2D eigenvalue weighted by Gasteiger charge is 2.47. The molecule has 3 heterocycles. The van der Waals surface area contributed by atoms with Gasteiger partial charge in [-0.1, -0.05) is 6.42 Å². The zero-order chi connectivity index (χ0) is 21.9. The lowest BCUT2D eigenvalue weighted by Gasteiger charge is -2.44. The first-order chi connectivity index (χ1) is 14.9. The summed E-state index contributed by atoms with van der Waals surface area (Å²) in [6.07, 6.45) is 3.05. The first-order valence-corrected chi connectivity index (χ1v) is 10.8. The third-order valence-corrected chi connectivity index (χ3v) is 7.21. The van der Waals surface area contributed by atoms with Crippen molar-refractivity contribution in [3.8, 4) is 0 Å². The maximum absolute atomic E-state index is 15.0. The smallest absolute Gasteiger partial charge is 0.264 e. The Balaban J connectivity index is 1.48. The Morgan fingerprint density at radius 3 is 2.61 bits per heavy atom. The van der Waals surface area contributed by atoms with Crippen molar-refractivity contribution in [2.75, 3.05) is 18.0 Å². The van der Waals surface area contributed by atoms with E-state index in [1.807, 2.05) is 4.90 Å². The summed E-state index contributed by atoms with van der Waals surface area (Å²) in [6, 6.07) is 1.40. The molecule has 4 aliphatic rings. The molecule has 1 aliphatic carbocycles. The van der Waals surface area contributed by atoms with Crippen molar-refractivity contribution in [3.63, 3.8) is 0 Å². The molecule has 2 saturated heterocycles. The summed E-state index contributed by atoms with van der Waals surface area (Å²) in [6.45, 7) is 0.987. The average Bonchev–Trinajstić information content (AvgIpc) is 2.98. The minimum Gasteiger partial charge on any atom is -0.393 e. The second-order valence-corrected chi connectivity index (χ2v) is 8.92. The Morgan fingerprint density at radius 1 is 1.03 bits per heavy atom. The topological polar surface area (TPSA) is 107 Å². The minimum atomic E-state index is -1.08. The van der Waals surface area contributed by atoms with Crippen LogP contribution in [0.5, 0.6) is 0 Å². The second-order valence-electron chi connectivity index (χ2n) is 8.92. The molecule has 8 nitrogen and oxygen atoms in total. The quantitative estimate of drug-likeness (QED) is 0.685. The van der Waals surface area contributed by atoms with Crippen LogP contribution in [-0.4, -0.2) is 58.9 Å². The molecule has 2 N–H and O–H groups in total. The van der Waals surface area contributed by atoms with Crippen LogP contribution in [0.3, 0.4) is 0 Å². The van der Waals surface area contributed by atoms with E-state index >= 15 is 4.39 Å². The van der Waals surface area contributed by atoms with Gasteiger partial charge in [-0.3, -0.25) is 29.4 Å². The van der Waals surface area contributed by atoms with E-state index in [2.05, 4.69) is 5.32 Å². The minimum absolute atomic E-state index is 0.00971. The fourth-order valence-corrected chi connectivity index (χ4v) is 5.69. The Labute approximate surface area is 178 Å². The molecule has 31 heavy (non-hydrogen) atoms. The van der Waals surface area contributed by atoms with Crippen LogP contribution in [0.15, 0.2) is 12.1 Å². The molecule has 0 aromatic heterocycles. The summed E-state index contributed by atoms with van der Waals surface area (Å²) >= 11 is 0. The number of hydrogen-bond acceptors (Lipinski definition) is 6. The third kappa shape index (κ3) is 3.13. The van der Waals surface area contributed by atoms with E-state index in [0.717, 1.165) is 24.2 Å². The van der Waals surface area contributed by atoms with Crippen molar-refractivity contribution in [2.24, 2.45) is 11.8 Å². The van der Waals surface area contributed by atoms with Gasteiger partial charge >= 0.3 is 0 Å². The highest BCUT2D eigenvalue weighted by molar-refractivity contribution is 6.25. The van der Waals surface area contributed by atoms with Crippen molar-refractivity contribution in [2.45, 2.75) is 50.7 Å². The molecule has 0 radical (unpaired) electrons. The summed E-state index contributed by atoms with van der Waals surface area (Å²) in [5, 5.41) is 12.5. The second kappa shape index (κ2) is 7.40. The lowest BCUT2D eigenvalue weighted by Crippen LogP contribution is -2.54. The fourth-order valence-electron chi connectivity index (χ4n) is 5.69. The van der Waals surface area contributed by atoms with Crippen LogP contribution in [-0.2, 0) is 9.59 Å². The molecule has 4 amide bonds. The number of piperidine rings is 2. The molecule has 1 aromatic carbocycles. The number of nitrogens with one attached hydrogen (secondary N) is 1. The normalized spacial score (nSPS) is 30.9. The molecular weight excluding hydrogens is 405 g/mol. The molecule has 164 valence electrons. The van der Waals surface area contributed by atoms with Crippen molar-refractivity contribution < 1.29 is 28.7 Å². The molecule has 1 saturated carbocycles. The van der Waals surface area contributed by atoms with E-state index in [1.54, 1.807) is 0 Å². The van der Waals surface area contributed by atoms with E-state index in [-0.39, 0.29) is 47.6 Å². The lowest BCUT2D eigenvalue weighted by molar-refractivity contribution is -0.136. The molecule has 9 heteroatoms. The number of benzene rings is 1.